The van der Waals surface area contributed by atoms with Gasteiger partial charge in [-0.1, -0.05) is 23.4 Å². The summed E-state index contributed by atoms with van der Waals surface area (Å²) in [5, 5.41) is 9.22. The maximum absolute atomic E-state index is 13.9. The molecule has 2 aliphatic heterocycles. The van der Waals surface area contributed by atoms with E-state index in [0.29, 0.717) is 17.0 Å². The Morgan fingerprint density at radius 3 is 2.50 bits per heavy atom. The van der Waals surface area contributed by atoms with Crippen molar-refractivity contribution in [2.24, 2.45) is 10.3 Å². The van der Waals surface area contributed by atoms with E-state index in [1.165, 1.54) is 18.2 Å². The Bertz CT molecular complexity index is 900. The predicted octanol–water partition coefficient (Wildman–Crippen LogP) is 2.33. The molecule has 1 saturated heterocycles. The van der Waals surface area contributed by atoms with Gasteiger partial charge in [-0.05, 0) is 30.3 Å². The second kappa shape index (κ2) is 6.21. The van der Waals surface area contributed by atoms with Gasteiger partial charge in [0, 0.05) is 5.56 Å². The lowest BCUT2D eigenvalue weighted by molar-refractivity contribution is -0.123. The van der Waals surface area contributed by atoms with E-state index >= 15 is 0 Å². The van der Waals surface area contributed by atoms with E-state index in [-0.39, 0.29) is 6.54 Å². The molecule has 2 atom stereocenters. The van der Waals surface area contributed by atoms with Gasteiger partial charge in [-0.2, -0.15) is 5.11 Å². The minimum Gasteiger partial charge on any atom is -0.497 e. The average Bonchev–Trinajstić information content (AvgIpc) is 3.17. The molecule has 0 aromatic heterocycles. The number of ether oxygens (including phenoxy) is 1. The third kappa shape index (κ3) is 2.50. The fraction of sp³-hybridized carbons (Fsp3) is 0.222. The van der Waals surface area contributed by atoms with Gasteiger partial charge in [-0.25, -0.2) is 9.29 Å². The lowest BCUT2D eigenvalue weighted by Crippen LogP contribution is -2.39. The van der Waals surface area contributed by atoms with Crippen molar-refractivity contribution in [2.75, 3.05) is 12.0 Å². The highest BCUT2D eigenvalue weighted by atomic mass is 19.1. The number of imide groups is 1. The van der Waals surface area contributed by atoms with Crippen molar-refractivity contribution in [1.29, 1.82) is 0 Å². The van der Waals surface area contributed by atoms with E-state index in [2.05, 4.69) is 10.3 Å². The largest absolute Gasteiger partial charge is 0.497 e. The number of halogens is 1. The van der Waals surface area contributed by atoms with Crippen molar-refractivity contribution in [3.63, 3.8) is 0 Å². The number of nitrogens with zero attached hydrogens (tertiary/aromatic N) is 4. The van der Waals surface area contributed by atoms with Crippen LogP contribution in [0.15, 0.2) is 58.9 Å². The van der Waals surface area contributed by atoms with Crippen LogP contribution >= 0.6 is 0 Å². The predicted molar refractivity (Wildman–Crippen MR) is 89.9 cm³/mol. The van der Waals surface area contributed by atoms with Crippen molar-refractivity contribution in [3.8, 4) is 5.75 Å². The molecule has 4 rings (SSSR count). The van der Waals surface area contributed by atoms with E-state index < -0.39 is 29.7 Å². The molecule has 2 heterocycles. The molecule has 132 valence electrons. The van der Waals surface area contributed by atoms with Gasteiger partial charge in [-0.15, -0.1) is 0 Å². The van der Waals surface area contributed by atoms with Crippen molar-refractivity contribution in [1.82, 2.24) is 5.01 Å². The van der Waals surface area contributed by atoms with Crippen LogP contribution < -0.4 is 9.64 Å². The van der Waals surface area contributed by atoms with Crippen molar-refractivity contribution in [3.05, 3.63) is 59.9 Å². The minimum absolute atomic E-state index is 0.0623. The van der Waals surface area contributed by atoms with Crippen molar-refractivity contribution in [2.45, 2.75) is 18.6 Å². The lowest BCUT2D eigenvalue weighted by atomic mass is 10.1. The molecule has 0 bridgehead atoms. The van der Waals surface area contributed by atoms with E-state index in [1.54, 1.807) is 42.5 Å². The van der Waals surface area contributed by atoms with Crippen LogP contribution in [0, 0.1) is 5.82 Å². The Morgan fingerprint density at radius 2 is 1.81 bits per heavy atom. The molecule has 8 heteroatoms. The number of anilines is 1. The van der Waals surface area contributed by atoms with Crippen LogP contribution in [0.2, 0.25) is 0 Å². The van der Waals surface area contributed by atoms with Gasteiger partial charge in [-0.3, -0.25) is 14.6 Å². The second-order valence-electron chi connectivity index (χ2n) is 5.99. The number of rotatable bonds is 4. The van der Waals surface area contributed by atoms with Gasteiger partial charge in [0.15, 0.2) is 12.1 Å². The molecule has 0 aliphatic carbocycles. The summed E-state index contributed by atoms with van der Waals surface area (Å²) in [6, 6.07) is 11.1. The standard InChI is InChI=1S/C18H15FN4O3/c1-26-13-8-6-12(7-9-13)23-17(24)15-16(18(23)25)22(21-20-15)10-11-4-2-3-5-14(11)19/h2-9,15-16H,10H2,1H3/t15-,16+/m0/s1. The Morgan fingerprint density at radius 1 is 1.08 bits per heavy atom. The molecule has 0 spiro atoms. The number of amides is 2. The number of carbonyl (C=O) groups is 2. The molecule has 2 aromatic carbocycles. The summed E-state index contributed by atoms with van der Waals surface area (Å²) in [6.07, 6.45) is 0. The molecule has 2 aromatic rings. The first-order valence-corrected chi connectivity index (χ1v) is 8.03. The Hall–Kier alpha value is -3.29. The van der Waals surface area contributed by atoms with Crippen LogP contribution in [0.3, 0.4) is 0 Å². The number of fused-ring (bicyclic) bond motifs is 1. The molecular formula is C18H15FN4O3. The van der Waals surface area contributed by atoms with Gasteiger partial charge >= 0.3 is 0 Å². The molecule has 7 nitrogen and oxygen atoms in total. The number of carbonyl (C=O) groups excluding carboxylic acids is 2. The zero-order chi connectivity index (χ0) is 18.3. The van der Waals surface area contributed by atoms with Crippen LogP contribution in [0.25, 0.3) is 0 Å². The molecule has 0 radical (unpaired) electrons. The quantitative estimate of drug-likeness (QED) is 0.790. The Kier molecular flexibility index (Phi) is 3.87. The van der Waals surface area contributed by atoms with Crippen LogP contribution in [0.5, 0.6) is 5.75 Å². The third-order valence-electron chi connectivity index (χ3n) is 4.48. The molecule has 1 fully saturated rings. The zero-order valence-corrected chi connectivity index (χ0v) is 13.9. The van der Waals surface area contributed by atoms with E-state index in [9.17, 15) is 14.0 Å². The summed E-state index contributed by atoms with van der Waals surface area (Å²) in [7, 11) is 1.53. The summed E-state index contributed by atoms with van der Waals surface area (Å²) >= 11 is 0. The van der Waals surface area contributed by atoms with Crippen LogP contribution in [0.1, 0.15) is 5.56 Å². The average molecular weight is 354 g/mol. The normalized spacial score (nSPS) is 21.5. The highest BCUT2D eigenvalue weighted by molar-refractivity contribution is 6.25. The minimum atomic E-state index is -0.906. The van der Waals surface area contributed by atoms with Gasteiger partial charge in [0.2, 0.25) is 0 Å². The first-order chi connectivity index (χ1) is 12.6. The van der Waals surface area contributed by atoms with Crippen LogP contribution in [-0.2, 0) is 16.1 Å². The zero-order valence-electron chi connectivity index (χ0n) is 13.9. The molecule has 2 amide bonds. The van der Waals surface area contributed by atoms with E-state index in [4.69, 9.17) is 4.74 Å². The summed E-state index contributed by atoms with van der Waals surface area (Å²) < 4.78 is 19.0. The monoisotopic (exact) mass is 354 g/mol. The van der Waals surface area contributed by atoms with Crippen LogP contribution in [-0.4, -0.2) is 36.0 Å². The van der Waals surface area contributed by atoms with Crippen molar-refractivity contribution < 1.29 is 18.7 Å². The smallest absolute Gasteiger partial charge is 0.263 e. The number of benzene rings is 2. The third-order valence-corrected chi connectivity index (χ3v) is 4.48. The highest BCUT2D eigenvalue weighted by Crippen LogP contribution is 2.33. The van der Waals surface area contributed by atoms with Gasteiger partial charge in [0.1, 0.15) is 11.6 Å². The maximum Gasteiger partial charge on any atom is 0.263 e. The highest BCUT2D eigenvalue weighted by Gasteiger charge is 2.54. The molecule has 2 aliphatic rings. The summed E-state index contributed by atoms with van der Waals surface area (Å²) in [4.78, 5) is 26.6. The van der Waals surface area contributed by atoms with Gasteiger partial charge < -0.3 is 4.74 Å². The first-order valence-electron chi connectivity index (χ1n) is 8.03. The second-order valence-corrected chi connectivity index (χ2v) is 5.99. The number of hydrogen-bond donors (Lipinski definition) is 0. The van der Waals surface area contributed by atoms with Gasteiger partial charge in [0.05, 0.1) is 19.3 Å². The number of hydrogen-bond acceptors (Lipinski definition) is 6. The molecule has 0 saturated carbocycles. The fourth-order valence-corrected chi connectivity index (χ4v) is 3.14. The lowest BCUT2D eigenvalue weighted by Gasteiger charge is -2.21. The topological polar surface area (TPSA) is 74.6 Å². The summed E-state index contributed by atoms with van der Waals surface area (Å²) in [5.41, 5.74) is 0.825. The molecule has 0 N–H and O–H groups in total. The SMILES string of the molecule is COc1ccc(N2C(=O)[C@H]3N=NN(Cc4ccccc4F)[C@H]3C2=O)cc1. The molecule has 0 unspecified atom stereocenters. The fourth-order valence-electron chi connectivity index (χ4n) is 3.14. The van der Waals surface area contributed by atoms with Crippen molar-refractivity contribution >= 4 is 17.5 Å². The Balaban J connectivity index is 1.60. The number of methoxy groups -OCH3 is 1. The molecule has 26 heavy (non-hydrogen) atoms. The molecular weight excluding hydrogens is 339 g/mol. The van der Waals surface area contributed by atoms with E-state index in [0.717, 1.165) is 4.90 Å². The maximum atomic E-state index is 13.9. The summed E-state index contributed by atoms with van der Waals surface area (Å²) in [6.45, 7) is 0.0623. The summed E-state index contributed by atoms with van der Waals surface area (Å²) in [5.74, 6) is -0.639. The Labute approximate surface area is 148 Å². The van der Waals surface area contributed by atoms with Gasteiger partial charge in [0.25, 0.3) is 11.8 Å². The van der Waals surface area contributed by atoms with E-state index in [1.807, 2.05) is 0 Å². The van der Waals surface area contributed by atoms with Crippen LogP contribution in [0.4, 0.5) is 10.1 Å². The first kappa shape index (κ1) is 16.2.